The summed E-state index contributed by atoms with van der Waals surface area (Å²) in [4.78, 5) is 10.1. The van der Waals surface area contributed by atoms with Crippen LogP contribution >= 0.6 is 0 Å². The minimum atomic E-state index is -1.36. The number of pyridine rings is 1. The summed E-state index contributed by atoms with van der Waals surface area (Å²) in [5.74, 6) is 0.599. The lowest BCUT2D eigenvalue weighted by Gasteiger charge is -2.34. The third-order valence-corrected chi connectivity index (χ3v) is 16.7. The van der Waals surface area contributed by atoms with Gasteiger partial charge >= 0.3 is 0 Å². The summed E-state index contributed by atoms with van der Waals surface area (Å²) in [6.45, 7) is 15.4. The number of fused-ring (bicyclic) bond motifs is 14. The van der Waals surface area contributed by atoms with E-state index in [0.29, 0.717) is 22.4 Å². The molecule has 3 aliphatic carbocycles. The van der Waals surface area contributed by atoms with Gasteiger partial charge in [-0.2, -0.15) is 0 Å². The third-order valence-electron chi connectivity index (χ3n) is 16.7. The summed E-state index contributed by atoms with van der Waals surface area (Å²) in [7, 11) is 0. The second kappa shape index (κ2) is 18.3. The van der Waals surface area contributed by atoms with Crippen LogP contribution in [0, 0.1) is 6.92 Å². The molecule has 1 aromatic heterocycles. The molecule has 384 valence electrons. The Morgan fingerprint density at radius 1 is 0.494 bits per heavy atom. The molecule has 4 aliphatic rings. The van der Waals surface area contributed by atoms with Gasteiger partial charge in [-0.1, -0.05) is 199 Å². The van der Waals surface area contributed by atoms with E-state index >= 15 is 0 Å². The van der Waals surface area contributed by atoms with Crippen molar-refractivity contribution in [1.29, 1.82) is 0 Å². The van der Waals surface area contributed by atoms with Gasteiger partial charge in [0.05, 0.1) is 22.3 Å². The lowest BCUT2D eigenvalue weighted by molar-refractivity contribution is 0.270. The van der Waals surface area contributed by atoms with Gasteiger partial charge < -0.3 is 14.5 Å². The minimum Gasteiger partial charge on any atom is -0.484 e. The van der Waals surface area contributed by atoms with Crippen molar-refractivity contribution in [3.05, 3.63) is 287 Å². The number of hydrogen-bond donors (Lipinski definition) is 0. The fourth-order valence-electron chi connectivity index (χ4n) is 12.8. The Labute approximate surface area is 471 Å². The van der Waals surface area contributed by atoms with E-state index in [1.807, 2.05) is 25.3 Å². The van der Waals surface area contributed by atoms with Crippen LogP contribution in [0.5, 0.6) is 5.75 Å². The highest BCUT2D eigenvalue weighted by atomic mass is 16.5. The number of rotatable bonds is 8. The van der Waals surface area contributed by atoms with E-state index in [9.17, 15) is 5.48 Å². The van der Waals surface area contributed by atoms with E-state index in [1.54, 1.807) is 0 Å². The summed E-state index contributed by atoms with van der Waals surface area (Å²) in [5.41, 5.74) is 18.8. The molecule has 0 saturated heterocycles. The number of aryl methyl sites for hydroxylation is 1. The zero-order chi connectivity index (χ0) is 57.3. The molecule has 0 radical (unpaired) electrons. The first-order chi connectivity index (χ1) is 40.0. The van der Waals surface area contributed by atoms with Gasteiger partial charge in [-0.3, -0.25) is 4.98 Å². The van der Waals surface area contributed by atoms with Crippen LogP contribution in [0.15, 0.2) is 243 Å². The maximum Gasteiger partial charge on any atom is 0.134 e. The molecule has 1 spiro atoms. The maximum absolute atomic E-state index is 10.2. The van der Waals surface area contributed by atoms with Gasteiger partial charge in [-0.25, -0.2) is 0 Å². The molecule has 4 nitrogen and oxygen atoms in total. The van der Waals surface area contributed by atoms with Crippen LogP contribution < -0.4 is 14.5 Å². The van der Waals surface area contributed by atoms with E-state index < -0.39 is 5.41 Å². The van der Waals surface area contributed by atoms with Crippen molar-refractivity contribution in [2.45, 2.75) is 76.7 Å². The molecule has 0 N–H and O–H groups in total. The van der Waals surface area contributed by atoms with Gasteiger partial charge in [-0.15, -0.1) is 0 Å². The molecule has 2 heterocycles. The largest absolute Gasteiger partial charge is 0.484 e. The van der Waals surface area contributed by atoms with Crippen molar-refractivity contribution in [3.8, 4) is 50.3 Å². The number of ether oxygens (including phenoxy) is 1. The molecule has 0 fully saturated rings. The Kier molecular flexibility index (Phi) is 10.2. The Hall–Kier alpha value is -8.99. The van der Waals surface area contributed by atoms with Gasteiger partial charge in [-0.05, 0) is 163 Å². The van der Waals surface area contributed by atoms with Gasteiger partial charge in [0.25, 0.3) is 0 Å². The van der Waals surface area contributed by atoms with E-state index in [1.165, 1.54) is 11.1 Å². The quantitative estimate of drug-likeness (QED) is 0.152. The third kappa shape index (κ3) is 7.82. The number of hydrogen-bond acceptors (Lipinski definition) is 4. The molecule has 79 heavy (non-hydrogen) atoms. The first-order valence-electron chi connectivity index (χ1n) is 29.6. The normalized spacial score (nSPS) is 17.8. The Bertz CT molecular complexity index is 4290. The van der Waals surface area contributed by atoms with Crippen LogP contribution in [0.3, 0.4) is 0 Å². The van der Waals surface area contributed by atoms with Crippen molar-refractivity contribution >= 4 is 34.1 Å². The van der Waals surface area contributed by atoms with Gasteiger partial charge in [0.1, 0.15) is 11.9 Å². The average Bonchev–Trinajstić information content (AvgIpc) is 2.34. The van der Waals surface area contributed by atoms with E-state index in [2.05, 4.69) is 252 Å². The molecule has 4 heteroatoms. The minimum absolute atomic E-state index is 0.0668. The lowest BCUT2D eigenvalue weighted by Crippen LogP contribution is -2.28. The molecule has 0 saturated carbocycles. The summed E-state index contributed by atoms with van der Waals surface area (Å²) in [5, 5.41) is 0. The van der Waals surface area contributed by atoms with Crippen molar-refractivity contribution in [3.63, 3.8) is 0 Å². The van der Waals surface area contributed by atoms with E-state index in [-0.39, 0.29) is 47.0 Å². The van der Waals surface area contributed by atoms with Crippen LogP contribution in [0.4, 0.5) is 34.1 Å². The van der Waals surface area contributed by atoms with Gasteiger partial charge in [0, 0.05) is 57.2 Å². The summed E-state index contributed by atoms with van der Waals surface area (Å²) >= 11 is 0. The predicted molar refractivity (Wildman–Crippen MR) is 328 cm³/mol. The molecule has 9 aromatic carbocycles. The smallest absolute Gasteiger partial charge is 0.134 e. The molecular formula is C75H63N3O. The number of nitrogens with zero attached hydrogens (tertiary/aromatic N) is 3. The molecule has 10 aromatic rings. The topological polar surface area (TPSA) is 28.6 Å². The monoisotopic (exact) mass is 1030 g/mol. The molecule has 1 aliphatic heterocycles. The Morgan fingerprint density at radius 3 is 1.59 bits per heavy atom. The second-order valence-corrected chi connectivity index (χ2v) is 23.7. The molecular weight excluding hydrogens is 959 g/mol. The number of anilines is 6. The second-order valence-electron chi connectivity index (χ2n) is 23.7. The summed E-state index contributed by atoms with van der Waals surface area (Å²) in [6.07, 6.45) is 10.2. The van der Waals surface area contributed by atoms with Crippen molar-refractivity contribution in [2.24, 2.45) is 0 Å². The molecule has 0 bridgehead atoms. The average molecular weight is 1030 g/mol. The molecule has 3 unspecified atom stereocenters. The fourth-order valence-corrected chi connectivity index (χ4v) is 12.8. The van der Waals surface area contributed by atoms with Crippen LogP contribution in [0.2, 0.25) is 0 Å². The summed E-state index contributed by atoms with van der Waals surface area (Å²) < 4.78 is 46.3. The molecule has 0 amide bonds. The standard InChI is InChI=1S/C75H63N3O/c1-48-44-63-60-22-14-16-24-64(60)75(72(63)76-47-48)65-45-59(77(56-38-30-53(31-39-56)73(2,3)4)55-34-26-51(27-35-55)49-18-10-8-11-19-49)42-43-61(65)69-66(75)46-67(70-62-23-15-17-25-68(62)79-71(69)70)78(58-40-32-54(33-41-58)74(5,6)7)57-36-28-52(29-37-57)50-20-12-9-13-21-50/h8-47,62,68H,1-7H3/i14D,16D,22D,24D. The molecule has 3 atom stereocenters. The Balaban J connectivity index is 1.08. The fraction of sp³-hybridized carbons (Fsp3) is 0.160. The predicted octanol–water partition coefficient (Wildman–Crippen LogP) is 19.6. The Morgan fingerprint density at radius 2 is 1.01 bits per heavy atom. The van der Waals surface area contributed by atoms with Crippen LogP contribution in [-0.2, 0) is 16.2 Å². The highest BCUT2D eigenvalue weighted by Gasteiger charge is 2.56. The van der Waals surface area contributed by atoms with Crippen LogP contribution in [0.25, 0.3) is 44.5 Å². The zero-order valence-corrected chi connectivity index (χ0v) is 45.7. The van der Waals surface area contributed by atoms with Gasteiger partial charge in [0.2, 0.25) is 0 Å². The van der Waals surface area contributed by atoms with Crippen LogP contribution in [-0.4, -0.2) is 11.1 Å². The van der Waals surface area contributed by atoms with Crippen molar-refractivity contribution in [1.82, 2.24) is 4.98 Å². The van der Waals surface area contributed by atoms with Crippen molar-refractivity contribution in [2.75, 3.05) is 9.80 Å². The zero-order valence-electron chi connectivity index (χ0n) is 49.7. The molecule has 14 rings (SSSR count). The maximum atomic E-state index is 10.2. The first-order valence-corrected chi connectivity index (χ1v) is 27.6. The first kappa shape index (κ1) is 44.0. The number of benzene rings is 9. The number of allylic oxidation sites excluding steroid dienone is 2. The van der Waals surface area contributed by atoms with E-state index in [0.717, 1.165) is 95.5 Å². The number of aromatic nitrogens is 1. The highest BCUT2D eigenvalue weighted by Crippen LogP contribution is 2.68. The lowest BCUT2D eigenvalue weighted by atomic mass is 9.72. The highest BCUT2D eigenvalue weighted by molar-refractivity contribution is 6.01. The van der Waals surface area contributed by atoms with Crippen molar-refractivity contribution < 1.29 is 10.2 Å². The summed E-state index contributed by atoms with van der Waals surface area (Å²) in [6, 6.07) is 66.5. The SMILES string of the molecule is [2H]c1c([2H])c([2H])c2c(c1[2H])-c1cc(C)cnc1C21c2cc(N(c3ccc(-c4ccccc4)cc3)c3ccc(C(C)(C)C)cc3)ccc2-c2c1cc(N(c1ccc(-c3ccccc3)cc1)c1ccc(C(C)(C)C)cc1)c1c2OC2C=CC=CC12. The van der Waals surface area contributed by atoms with Gasteiger partial charge in [0.15, 0.2) is 0 Å². The van der Waals surface area contributed by atoms with Crippen LogP contribution in [0.1, 0.15) is 97.6 Å². The van der Waals surface area contributed by atoms with E-state index in [4.69, 9.17) is 9.72 Å².